The van der Waals surface area contributed by atoms with Crippen LogP contribution in [0.3, 0.4) is 0 Å². The molecule has 0 unspecified atom stereocenters. The molecule has 0 atom stereocenters. The second kappa shape index (κ2) is 10.1. The summed E-state index contributed by atoms with van der Waals surface area (Å²) >= 11 is 0. The topological polar surface area (TPSA) is 118 Å². The van der Waals surface area contributed by atoms with Gasteiger partial charge >= 0.3 is 0 Å². The summed E-state index contributed by atoms with van der Waals surface area (Å²) < 4.78 is 2.36. The van der Waals surface area contributed by atoms with Crippen molar-refractivity contribution in [2.45, 2.75) is 19.3 Å². The Balaban J connectivity index is 1.51. The average Bonchev–Trinajstić information content (AvgIpc) is 3.44. The van der Waals surface area contributed by atoms with E-state index in [0.717, 1.165) is 72.8 Å². The normalized spacial score (nSPS) is 14.6. The molecule has 1 aliphatic carbocycles. The number of nitrogens with one attached hydrogen (secondary N) is 1. The predicted octanol–water partition coefficient (Wildman–Crippen LogP) is 9.07. The number of phenols is 5. The van der Waals surface area contributed by atoms with Gasteiger partial charge in [-0.3, -0.25) is 0 Å². The number of fused-ring (bicyclic) bond motifs is 12. The highest BCUT2D eigenvalue weighted by molar-refractivity contribution is 6.30. The quantitative estimate of drug-likeness (QED) is 0.0826. The molecule has 0 spiro atoms. The zero-order chi connectivity index (χ0) is 33.8. The third kappa shape index (κ3) is 3.78. The van der Waals surface area contributed by atoms with Crippen molar-refractivity contribution in [1.29, 1.82) is 0 Å². The lowest BCUT2D eigenvalue weighted by molar-refractivity contribution is 0.330. The lowest BCUT2D eigenvalue weighted by Crippen LogP contribution is -2.20. The Bertz CT molecular complexity index is 2610. The van der Waals surface area contributed by atoms with Crippen LogP contribution in [-0.2, 0) is 5.41 Å². The van der Waals surface area contributed by atoms with Crippen LogP contribution in [-0.4, -0.2) is 36.6 Å². The summed E-state index contributed by atoms with van der Waals surface area (Å²) in [6, 6.07) is 31.2. The minimum atomic E-state index is -0.985. The van der Waals surface area contributed by atoms with Crippen LogP contribution in [0.1, 0.15) is 25.0 Å². The number of allylic oxidation sites excluding steroid dienone is 2. The number of hydrogen-bond donors (Lipinski definition) is 6. The molecule has 6 aromatic carbocycles. The molecule has 0 bridgehead atoms. The van der Waals surface area contributed by atoms with Crippen LogP contribution in [0.15, 0.2) is 109 Å². The van der Waals surface area contributed by atoms with Gasteiger partial charge in [0.1, 0.15) is 0 Å². The Kier molecular flexibility index (Phi) is 5.93. The fourth-order valence-electron chi connectivity index (χ4n) is 8.11. The van der Waals surface area contributed by atoms with E-state index < -0.39 is 34.2 Å². The van der Waals surface area contributed by atoms with Crippen LogP contribution in [0.4, 0.5) is 0 Å². The average molecular weight is 645 g/mol. The van der Waals surface area contributed by atoms with E-state index in [1.165, 1.54) is 5.39 Å². The van der Waals surface area contributed by atoms with Crippen molar-refractivity contribution in [2.24, 2.45) is 0 Å². The van der Waals surface area contributed by atoms with Crippen LogP contribution in [0, 0.1) is 0 Å². The van der Waals surface area contributed by atoms with Crippen molar-refractivity contribution in [3.8, 4) is 62.1 Å². The molecule has 0 fully saturated rings. The van der Waals surface area contributed by atoms with E-state index >= 15 is 0 Å². The largest absolute Gasteiger partial charge is 0.504 e. The molecule has 49 heavy (non-hydrogen) atoms. The zero-order valence-corrected chi connectivity index (χ0v) is 26.8. The van der Waals surface area contributed by atoms with Crippen molar-refractivity contribution >= 4 is 38.3 Å². The summed E-state index contributed by atoms with van der Waals surface area (Å²) in [4.78, 5) is 0. The number of phenolic OH excluding ortho intramolecular Hbond substituents is 5. The fourth-order valence-corrected chi connectivity index (χ4v) is 8.11. The number of dihydropyridines is 1. The molecule has 0 saturated carbocycles. The number of rotatable bonds is 2. The van der Waals surface area contributed by atoms with Gasteiger partial charge in [-0.25, -0.2) is 0 Å². The van der Waals surface area contributed by atoms with E-state index in [1.54, 1.807) is 6.07 Å². The molecule has 2 aliphatic rings. The summed E-state index contributed by atoms with van der Waals surface area (Å²) in [5.41, 5.74) is 9.09. The van der Waals surface area contributed by atoms with Gasteiger partial charge < -0.3 is 35.4 Å². The van der Waals surface area contributed by atoms with Crippen molar-refractivity contribution in [1.82, 2.24) is 9.88 Å². The first-order chi connectivity index (χ1) is 23.7. The first-order valence-corrected chi connectivity index (χ1v) is 16.2. The van der Waals surface area contributed by atoms with Gasteiger partial charge in [-0.05, 0) is 62.4 Å². The Morgan fingerprint density at radius 2 is 1.24 bits per heavy atom. The lowest BCUT2D eigenvalue weighted by Gasteiger charge is -2.29. The maximum Gasteiger partial charge on any atom is 0.208 e. The monoisotopic (exact) mass is 644 g/mol. The lowest BCUT2D eigenvalue weighted by atomic mass is 9.74. The molecule has 7 nitrogen and oxygen atoms in total. The highest BCUT2D eigenvalue weighted by Gasteiger charge is 2.37. The Morgan fingerprint density at radius 3 is 1.98 bits per heavy atom. The zero-order valence-electron chi connectivity index (χ0n) is 26.8. The molecule has 0 saturated heterocycles. The van der Waals surface area contributed by atoms with Gasteiger partial charge in [0.05, 0.1) is 22.3 Å². The Morgan fingerprint density at radius 1 is 0.612 bits per heavy atom. The van der Waals surface area contributed by atoms with Crippen molar-refractivity contribution < 1.29 is 25.5 Å². The highest BCUT2D eigenvalue weighted by atomic mass is 16.4. The van der Waals surface area contributed by atoms with Gasteiger partial charge in [0.15, 0.2) is 11.5 Å². The number of aromatic nitrogens is 1. The molecule has 2 heterocycles. The molecular weight excluding hydrogens is 612 g/mol. The maximum absolute atomic E-state index is 10.9. The van der Waals surface area contributed by atoms with Gasteiger partial charge in [-0.15, -0.1) is 0 Å². The van der Waals surface area contributed by atoms with Gasteiger partial charge in [-0.1, -0.05) is 98.8 Å². The predicted molar refractivity (Wildman–Crippen MR) is 195 cm³/mol. The molecule has 9 rings (SSSR count). The first-order valence-electron chi connectivity index (χ1n) is 16.2. The van der Waals surface area contributed by atoms with Crippen molar-refractivity contribution in [2.75, 3.05) is 6.54 Å². The summed E-state index contributed by atoms with van der Waals surface area (Å²) in [5.74, 6) is -4.24. The minimum absolute atomic E-state index is 0.173. The van der Waals surface area contributed by atoms with Crippen molar-refractivity contribution in [3.05, 3.63) is 120 Å². The van der Waals surface area contributed by atoms with Crippen LogP contribution in [0.5, 0.6) is 28.7 Å². The highest BCUT2D eigenvalue weighted by Crippen LogP contribution is 2.58. The first kappa shape index (κ1) is 28.8. The minimum Gasteiger partial charge on any atom is -0.504 e. The standard InChI is InChI=1S/C42H32N2O5/c1-42(2)29-15-7-5-13-26(29)35-33(27-18-17-22(20-30(27)42)32-37(45)39(47)41(49)40(48)38(32)46)24-11-3-4-12-25(24)34-28-14-6-8-16-31(28)44(36(34)35)23-10-9-19-43-21-23/h3-18,20-21,43,45-49H,19H2,1-2H3. The number of nitrogens with zero attached hydrogens (tertiary/aromatic N) is 1. The van der Waals surface area contributed by atoms with Crippen LogP contribution >= 0.6 is 0 Å². The second-order valence-electron chi connectivity index (χ2n) is 13.3. The van der Waals surface area contributed by atoms with E-state index in [4.69, 9.17) is 0 Å². The Hall–Kier alpha value is -6.34. The number of benzene rings is 6. The van der Waals surface area contributed by atoms with E-state index in [0.29, 0.717) is 5.56 Å². The summed E-state index contributed by atoms with van der Waals surface area (Å²) in [6.07, 6.45) is 6.37. The molecule has 240 valence electrons. The van der Waals surface area contributed by atoms with Crippen LogP contribution in [0.2, 0.25) is 0 Å². The third-order valence-corrected chi connectivity index (χ3v) is 10.4. The smallest absolute Gasteiger partial charge is 0.208 e. The molecule has 7 aromatic rings. The molecule has 6 N–H and O–H groups in total. The second-order valence-corrected chi connectivity index (χ2v) is 13.3. The Labute approximate surface area is 281 Å². The maximum atomic E-state index is 10.9. The molecule has 0 radical (unpaired) electrons. The SMILES string of the molecule is CC1(C)c2cc(-c3c(O)c(O)c(O)c(O)c3O)ccc2-c2c(c3c(c4ccccc24)c2ccccc2n3C2=CNCC=C2)-c2ccccc21. The molecule has 1 aromatic heterocycles. The van der Waals surface area contributed by atoms with Crippen molar-refractivity contribution in [3.63, 3.8) is 0 Å². The van der Waals surface area contributed by atoms with E-state index in [1.807, 2.05) is 18.2 Å². The van der Waals surface area contributed by atoms with Crippen LogP contribution < -0.4 is 5.32 Å². The molecular formula is C42H32N2O5. The van der Waals surface area contributed by atoms with Gasteiger partial charge in [-0.2, -0.15) is 0 Å². The fraction of sp³-hybridized carbons (Fsp3) is 0.0952. The number of aromatic hydroxyl groups is 5. The molecule has 1 aliphatic heterocycles. The number of hydrogen-bond acceptors (Lipinski definition) is 6. The molecule has 0 amide bonds. The van der Waals surface area contributed by atoms with Gasteiger partial charge in [0.25, 0.3) is 0 Å². The number of para-hydroxylation sites is 1. The molecule has 7 heteroatoms. The van der Waals surface area contributed by atoms with E-state index in [9.17, 15) is 25.5 Å². The summed E-state index contributed by atoms with van der Waals surface area (Å²) in [5, 5.41) is 60.7. The van der Waals surface area contributed by atoms with Crippen LogP contribution in [0.25, 0.3) is 71.7 Å². The summed E-state index contributed by atoms with van der Waals surface area (Å²) in [7, 11) is 0. The van der Waals surface area contributed by atoms with E-state index in [-0.39, 0.29) is 5.56 Å². The summed E-state index contributed by atoms with van der Waals surface area (Å²) in [6.45, 7) is 5.09. The van der Waals surface area contributed by atoms with E-state index in [2.05, 4.69) is 109 Å². The van der Waals surface area contributed by atoms with Gasteiger partial charge in [0, 0.05) is 34.5 Å². The third-order valence-electron chi connectivity index (χ3n) is 10.4. The van der Waals surface area contributed by atoms with Gasteiger partial charge in [0.2, 0.25) is 17.2 Å².